The van der Waals surface area contributed by atoms with E-state index in [-0.39, 0.29) is 28.4 Å². The summed E-state index contributed by atoms with van der Waals surface area (Å²) < 4.78 is 8.35. The van der Waals surface area contributed by atoms with Crippen LogP contribution in [0, 0.1) is 27.4 Å². The molecule has 0 aliphatic heterocycles. The van der Waals surface area contributed by atoms with Crippen molar-refractivity contribution in [3.63, 3.8) is 0 Å². The predicted molar refractivity (Wildman–Crippen MR) is 119 cm³/mol. The van der Waals surface area contributed by atoms with Crippen LogP contribution in [0.15, 0.2) is 16.9 Å². The van der Waals surface area contributed by atoms with E-state index >= 15 is 0 Å². The Balaban J connectivity index is 1.40. The monoisotopic (exact) mass is 520 g/mol. The molecule has 33 heavy (non-hydrogen) atoms. The molecule has 0 radical (unpaired) electrons. The number of hydrogen-bond donors (Lipinski definition) is 1. The first kappa shape index (κ1) is 22.1. The van der Waals surface area contributed by atoms with E-state index in [0.29, 0.717) is 28.4 Å². The predicted octanol–water partition coefficient (Wildman–Crippen LogP) is 3.40. The summed E-state index contributed by atoms with van der Waals surface area (Å²) in [7, 11) is 2.90. The molecule has 176 valence electrons. The van der Waals surface area contributed by atoms with Gasteiger partial charge in [0, 0.05) is 13.5 Å². The van der Waals surface area contributed by atoms with Crippen LogP contribution in [0.25, 0.3) is 0 Å². The zero-order chi connectivity index (χ0) is 23.5. The van der Waals surface area contributed by atoms with Gasteiger partial charge in [0.25, 0.3) is 0 Å². The number of rotatable bonds is 6. The number of ether oxygens (including phenoxy) is 1. The van der Waals surface area contributed by atoms with Crippen molar-refractivity contribution in [2.45, 2.75) is 50.5 Å². The molecule has 0 aromatic carbocycles. The number of halogens is 1. The second-order valence-electron chi connectivity index (χ2n) is 9.93. The van der Waals surface area contributed by atoms with Crippen LogP contribution in [0.2, 0.25) is 0 Å². The van der Waals surface area contributed by atoms with Gasteiger partial charge in [0.2, 0.25) is 5.91 Å². The molecule has 2 aromatic rings. The van der Waals surface area contributed by atoms with Gasteiger partial charge < -0.3 is 20.2 Å². The third kappa shape index (κ3) is 3.64. The number of anilines is 1. The molecule has 2 heterocycles. The zero-order valence-electron chi connectivity index (χ0n) is 18.4. The molecule has 1 N–H and O–H groups in total. The van der Waals surface area contributed by atoms with E-state index in [4.69, 9.17) is 4.74 Å². The largest absolute Gasteiger partial charge is 0.464 e. The lowest BCUT2D eigenvalue weighted by atomic mass is 9.46. The lowest BCUT2D eigenvalue weighted by molar-refractivity contribution is -0.390. The van der Waals surface area contributed by atoms with E-state index in [1.807, 2.05) is 0 Å². The van der Waals surface area contributed by atoms with Gasteiger partial charge in [-0.2, -0.15) is 9.78 Å². The lowest BCUT2D eigenvalue weighted by Crippen LogP contribution is -2.57. The number of aryl methyl sites for hydroxylation is 1. The van der Waals surface area contributed by atoms with Crippen molar-refractivity contribution in [2.24, 2.45) is 24.3 Å². The van der Waals surface area contributed by atoms with E-state index < -0.39 is 10.9 Å². The molecule has 0 spiro atoms. The summed E-state index contributed by atoms with van der Waals surface area (Å²) in [6.07, 6.45) is 9.14. The number of aromatic nitrogens is 4. The van der Waals surface area contributed by atoms with Crippen molar-refractivity contribution in [1.82, 2.24) is 19.6 Å². The van der Waals surface area contributed by atoms with Gasteiger partial charge in [-0.3, -0.25) is 9.48 Å². The summed E-state index contributed by atoms with van der Waals surface area (Å²) in [5.41, 5.74) is 0.0173. The minimum Gasteiger partial charge on any atom is -0.464 e. The Morgan fingerprint density at radius 3 is 2.64 bits per heavy atom. The second-order valence-corrected chi connectivity index (χ2v) is 10.8. The molecule has 2 unspecified atom stereocenters. The SMILES string of the molecule is COC(=O)c1c(NC(=O)CC23CC4CC(C2)CC(n2cc(Br)c([N+](=O)[O-])n2)(C4)C3)cnn1C. The normalized spacial score (nSPS) is 29.8. The Labute approximate surface area is 198 Å². The Hall–Kier alpha value is -2.76. The average Bonchev–Trinajstić information content (AvgIpc) is 3.29. The summed E-state index contributed by atoms with van der Waals surface area (Å²) in [6, 6.07) is 0. The summed E-state index contributed by atoms with van der Waals surface area (Å²) in [4.78, 5) is 36.1. The number of nitrogens with zero attached hydrogens (tertiary/aromatic N) is 5. The zero-order valence-corrected chi connectivity index (χ0v) is 20.0. The summed E-state index contributed by atoms with van der Waals surface area (Å²) in [5.74, 6) is 0.0162. The quantitative estimate of drug-likeness (QED) is 0.350. The third-order valence-corrected chi connectivity index (χ3v) is 8.15. The Morgan fingerprint density at radius 1 is 1.33 bits per heavy atom. The molecule has 4 fully saturated rings. The molecule has 4 saturated carbocycles. The molecule has 2 atom stereocenters. The molecule has 6 rings (SSSR count). The standard InChI is InChI=1S/C21H25BrN6O5/c1-26-17(19(30)33-2)15(9-23-26)24-16(29)8-20-4-12-3-13(5-20)7-21(6-12,11-20)27-10-14(22)18(25-27)28(31)32/h9-10,12-13H,3-8,11H2,1-2H3,(H,24,29). The van der Waals surface area contributed by atoms with Crippen molar-refractivity contribution < 1.29 is 19.2 Å². The number of methoxy groups -OCH3 is 1. The maximum atomic E-state index is 13.1. The molecule has 4 aliphatic rings. The van der Waals surface area contributed by atoms with E-state index in [1.54, 1.807) is 17.9 Å². The highest BCUT2D eigenvalue weighted by Crippen LogP contribution is 2.65. The lowest BCUT2D eigenvalue weighted by Gasteiger charge is -2.61. The van der Waals surface area contributed by atoms with Gasteiger partial charge in [-0.15, -0.1) is 0 Å². The van der Waals surface area contributed by atoms with Gasteiger partial charge in [0.1, 0.15) is 4.47 Å². The van der Waals surface area contributed by atoms with Crippen LogP contribution in [0.5, 0.6) is 0 Å². The van der Waals surface area contributed by atoms with E-state index in [1.165, 1.54) is 18.0 Å². The van der Waals surface area contributed by atoms with Crippen LogP contribution in [0.1, 0.15) is 55.4 Å². The highest BCUT2D eigenvalue weighted by Gasteiger charge is 2.60. The number of hydrogen-bond acceptors (Lipinski definition) is 7. The van der Waals surface area contributed by atoms with Crippen LogP contribution in [-0.2, 0) is 22.1 Å². The fraction of sp³-hybridized carbons (Fsp3) is 0.619. The van der Waals surface area contributed by atoms with Crippen molar-refractivity contribution in [3.8, 4) is 0 Å². The summed E-state index contributed by atoms with van der Waals surface area (Å²) in [6.45, 7) is 0. The molecular weight excluding hydrogens is 496 g/mol. The van der Waals surface area contributed by atoms with Crippen molar-refractivity contribution in [2.75, 3.05) is 12.4 Å². The number of carbonyl (C=O) groups excluding carboxylic acids is 2. The summed E-state index contributed by atoms with van der Waals surface area (Å²) in [5, 5.41) is 22.6. The van der Waals surface area contributed by atoms with Crippen molar-refractivity contribution in [3.05, 3.63) is 32.7 Å². The van der Waals surface area contributed by atoms with Crippen LogP contribution < -0.4 is 5.32 Å². The first-order valence-electron chi connectivity index (χ1n) is 10.9. The van der Waals surface area contributed by atoms with Gasteiger partial charge in [-0.05, 0) is 76.6 Å². The number of carbonyl (C=O) groups is 2. The average molecular weight is 521 g/mol. The Morgan fingerprint density at radius 2 is 2.03 bits per heavy atom. The fourth-order valence-electron chi connectivity index (χ4n) is 6.99. The molecular formula is C21H25BrN6O5. The molecule has 4 aliphatic carbocycles. The number of nitro groups is 1. The molecule has 1 amide bonds. The van der Waals surface area contributed by atoms with Gasteiger partial charge in [-0.1, -0.05) is 0 Å². The summed E-state index contributed by atoms with van der Waals surface area (Å²) >= 11 is 3.28. The van der Waals surface area contributed by atoms with E-state index in [2.05, 4.69) is 31.4 Å². The molecule has 11 nitrogen and oxygen atoms in total. The maximum Gasteiger partial charge on any atom is 0.404 e. The fourth-order valence-corrected chi connectivity index (χ4v) is 7.41. The smallest absolute Gasteiger partial charge is 0.404 e. The number of amides is 1. The first-order valence-corrected chi connectivity index (χ1v) is 11.7. The van der Waals surface area contributed by atoms with Gasteiger partial charge >= 0.3 is 11.8 Å². The molecule has 4 bridgehead atoms. The highest BCUT2D eigenvalue weighted by atomic mass is 79.9. The Bertz CT molecular complexity index is 1140. The van der Waals surface area contributed by atoms with Crippen molar-refractivity contribution in [1.29, 1.82) is 0 Å². The minimum absolute atomic E-state index is 0.169. The van der Waals surface area contributed by atoms with Gasteiger partial charge in [0.05, 0.1) is 35.8 Å². The minimum atomic E-state index is -0.565. The van der Waals surface area contributed by atoms with Crippen LogP contribution >= 0.6 is 15.9 Å². The van der Waals surface area contributed by atoms with Crippen molar-refractivity contribution >= 4 is 39.3 Å². The van der Waals surface area contributed by atoms with Gasteiger partial charge in [-0.25, -0.2) is 4.79 Å². The first-order chi connectivity index (χ1) is 15.6. The topological polar surface area (TPSA) is 134 Å². The second kappa shape index (κ2) is 7.64. The molecule has 2 aromatic heterocycles. The number of nitrogens with one attached hydrogen (secondary N) is 1. The van der Waals surface area contributed by atoms with Crippen LogP contribution in [-0.4, -0.2) is 43.5 Å². The Kier molecular flexibility index (Phi) is 5.11. The highest BCUT2D eigenvalue weighted by molar-refractivity contribution is 9.10. The molecule has 0 saturated heterocycles. The van der Waals surface area contributed by atoms with E-state index in [0.717, 1.165) is 38.5 Å². The van der Waals surface area contributed by atoms with E-state index in [9.17, 15) is 19.7 Å². The van der Waals surface area contributed by atoms with Gasteiger partial charge in [0.15, 0.2) is 5.69 Å². The molecule has 12 heteroatoms. The third-order valence-electron chi connectivity index (χ3n) is 7.59. The maximum absolute atomic E-state index is 13.1. The van der Waals surface area contributed by atoms with Crippen LogP contribution in [0.4, 0.5) is 11.5 Å². The number of esters is 1. The van der Waals surface area contributed by atoms with Crippen LogP contribution in [0.3, 0.4) is 0 Å².